The number of hydrogen-bond donors (Lipinski definition) is 7. The Bertz CT molecular complexity index is 7010. The van der Waals surface area contributed by atoms with Crippen LogP contribution in [0.15, 0.2) is 216 Å². The quantitative estimate of drug-likeness (QED) is 0.00619. The summed E-state index contributed by atoms with van der Waals surface area (Å²) in [4.78, 5) is 116. The number of rotatable bonds is 39. The van der Waals surface area contributed by atoms with Crippen molar-refractivity contribution in [2.75, 3.05) is 73.7 Å². The van der Waals surface area contributed by atoms with Crippen molar-refractivity contribution in [1.29, 1.82) is 0 Å². The number of anilines is 2. The molecule has 804 valence electrons. The highest BCUT2D eigenvalue weighted by Crippen LogP contribution is 2.53. The number of para-hydroxylation sites is 2. The molecule has 0 spiro atoms. The van der Waals surface area contributed by atoms with Gasteiger partial charge in [-0.3, -0.25) is 42.7 Å². The molecule has 0 aromatic heterocycles. The Hall–Kier alpha value is -13.0. The first kappa shape index (κ1) is 121. The van der Waals surface area contributed by atoms with Crippen LogP contribution in [0.3, 0.4) is 0 Å². The Labute approximate surface area is 875 Å². The second-order valence-electron chi connectivity index (χ2n) is 39.0. The number of hydrogen-bond acceptors (Lipinski definition) is 27. The third-order valence-corrected chi connectivity index (χ3v) is 28.4. The van der Waals surface area contributed by atoms with Gasteiger partial charge in [0.25, 0.3) is 32.1 Å². The second-order valence-corrected chi connectivity index (χ2v) is 43.8. The molecule has 5 aliphatic heterocycles. The van der Waals surface area contributed by atoms with Gasteiger partial charge in [-0.05, 0) is 183 Å². The fourth-order valence-electron chi connectivity index (χ4n) is 20.2. The minimum Gasteiger partial charge on any atom is -0.481 e. The molecule has 7 aliphatic rings. The summed E-state index contributed by atoms with van der Waals surface area (Å²) in [6.07, 6.45) is 29.4. The summed E-state index contributed by atoms with van der Waals surface area (Å²) < 4.78 is 172. The van der Waals surface area contributed by atoms with Gasteiger partial charge < -0.3 is 41.0 Å². The Morgan fingerprint density at radius 3 is 1.10 bits per heavy atom. The molecule has 2 unspecified atom stereocenters. The van der Waals surface area contributed by atoms with E-state index in [1.165, 1.54) is 44.1 Å². The molecule has 43 heteroatoms. The lowest BCUT2D eigenvalue weighted by Gasteiger charge is -2.35. The van der Waals surface area contributed by atoms with Crippen LogP contribution in [0.5, 0.6) is 0 Å². The summed E-state index contributed by atoms with van der Waals surface area (Å²) in [5.41, 5.74) is 12.0. The van der Waals surface area contributed by atoms with Gasteiger partial charge in [0.1, 0.15) is 23.9 Å². The summed E-state index contributed by atoms with van der Waals surface area (Å²) in [6.45, 7) is 29.3. The van der Waals surface area contributed by atoms with E-state index in [0.717, 1.165) is 132 Å². The van der Waals surface area contributed by atoms with Crippen LogP contribution in [-0.2, 0) is 128 Å². The fraction of sp³-hybridized carbons (Fsp3) is 0.453. The van der Waals surface area contributed by atoms with Gasteiger partial charge in [0.15, 0.2) is 11.4 Å². The SMILES string of the molecule is CCCCN1C(=CC=C2C=C(C=CC3=[N+](CCC)c4ccc5ccccc5c4C3(C)C)CC(C(=O)NCCCCCC(=O)O)(C(=O)NCCS(=O)(=O)O)C2)C(C)(C)c2ccccc21.CCCCN1C(=CC=C2C=C(C=CC3=[N+](CCC)c4ccc5ccccc5c4C3(C)C)CC(C(=O)NCCCCCC(=O)ON3C(=O)CCC3=O)(C(=O)NCCS(=O)(=O)O)C2)C(C)(C)c2ccccc21.O=S(=O)=O.O=S(=O)=O.O=S(=O)=O.O=S(=O)=O. The molecular formula is C106H133N9O28S6+2. The van der Waals surface area contributed by atoms with E-state index in [9.17, 15) is 64.3 Å². The smallest absolute Gasteiger partial charge is 0.425 e. The molecule has 5 heterocycles. The predicted octanol–water partition coefficient (Wildman–Crippen LogP) is 13.6. The van der Waals surface area contributed by atoms with E-state index in [0.29, 0.717) is 43.6 Å². The minimum atomic E-state index is -4.43. The fourth-order valence-corrected chi connectivity index (χ4v) is 21.0. The van der Waals surface area contributed by atoms with Gasteiger partial charge in [-0.15, -0.1) is 55.6 Å². The number of imide groups is 1. The highest BCUT2D eigenvalue weighted by molar-refractivity contribution is 7.86. The summed E-state index contributed by atoms with van der Waals surface area (Å²) in [5, 5.41) is 25.7. The third kappa shape index (κ3) is 32.3. The van der Waals surface area contributed by atoms with E-state index in [-0.39, 0.29) is 87.2 Å². The molecular weight excluding hydrogens is 2040 g/mol. The van der Waals surface area contributed by atoms with Crippen molar-refractivity contribution in [3.8, 4) is 0 Å². The molecule has 0 saturated carbocycles. The van der Waals surface area contributed by atoms with Crippen molar-refractivity contribution in [3.63, 3.8) is 0 Å². The van der Waals surface area contributed by atoms with Crippen molar-refractivity contribution < 1.29 is 134 Å². The van der Waals surface area contributed by atoms with E-state index in [4.69, 9.17) is 60.5 Å². The number of carbonyl (C=O) groups excluding carboxylic acids is 7. The molecule has 2 aliphatic carbocycles. The number of carbonyl (C=O) groups is 8. The number of benzene rings is 6. The molecule has 6 aromatic rings. The summed E-state index contributed by atoms with van der Waals surface area (Å²) in [5.74, 6) is -6.46. The number of nitrogens with zero attached hydrogens (tertiary/aromatic N) is 5. The maximum Gasteiger partial charge on any atom is 0.425 e. The van der Waals surface area contributed by atoms with Gasteiger partial charge in [0.05, 0.1) is 22.3 Å². The minimum absolute atomic E-state index is 0.000718. The standard InChI is InChI=1S/C55H67N5O9S.C51H64N4O7S.4O3S/c1-7-9-33-59-43-20-15-14-19-42(43)53(3,4)45(59)26-22-38-35-39(23-27-46-54(5,6)50-41-18-13-12-17-40(41)24-25-44(50)58(46)32-8-2)37-55(36-38,52(65)57-31-34-70(66,67)68)51(64)56-30-16-10-11-21-49(63)69-60-47(61)28-29-48(60)62;1-7-9-31-55-41-20-15-14-19-40(41)49(3,4)43(55)26-22-36-33-37(23-27-44-50(5,6)46-39-18-13-12-17-38(39)24-25-42(46)54(44)30-8-2)35-51(34-36,48(59)53-29-32-63(60,61)62)47(58)52-28-16-10-11-21-45(56)57;4*1-4(2)3/h12-15,17-20,22-27,35H,7-11,16,21,28-34,36-37H2,1-6H3,(H2-,56,57,64,65,66,67,68);12-15,17-20,22-27,33H,7-11,16,21,28-32,34-35H2,1-6H3,(H3-,52,53,56,57,58,59,60,61,62);;;;/p+2. The largest absolute Gasteiger partial charge is 0.481 e. The van der Waals surface area contributed by atoms with Crippen molar-refractivity contribution in [2.45, 2.75) is 233 Å². The van der Waals surface area contributed by atoms with Gasteiger partial charge in [-0.25, -0.2) is 4.79 Å². The zero-order chi connectivity index (χ0) is 110. The molecule has 0 radical (unpaired) electrons. The van der Waals surface area contributed by atoms with Crippen LogP contribution in [0.4, 0.5) is 22.7 Å². The zero-order valence-corrected chi connectivity index (χ0v) is 90.7. The first-order valence-corrected chi connectivity index (χ1v) is 56.5. The van der Waals surface area contributed by atoms with Crippen molar-refractivity contribution in [3.05, 3.63) is 238 Å². The van der Waals surface area contributed by atoms with Crippen LogP contribution in [-0.4, -0.2) is 218 Å². The Kier molecular flexibility index (Phi) is 44.3. The number of allylic oxidation sites excluding steroid dienone is 16. The van der Waals surface area contributed by atoms with E-state index in [1.54, 1.807) is 0 Å². The molecule has 7 N–H and O–H groups in total. The molecule has 6 aromatic carbocycles. The maximum atomic E-state index is 14.9. The lowest BCUT2D eigenvalue weighted by atomic mass is 9.70. The number of aliphatic carboxylic acids is 1. The first-order chi connectivity index (χ1) is 70.2. The van der Waals surface area contributed by atoms with Gasteiger partial charge >= 0.3 is 54.4 Å². The zero-order valence-electron chi connectivity index (χ0n) is 85.8. The number of hydroxylamine groups is 2. The normalized spacial score (nSPS) is 19.0. The topological polar surface area (TPSA) is 543 Å². The first-order valence-electron chi connectivity index (χ1n) is 49.3. The molecule has 6 amide bonds. The molecule has 149 heavy (non-hydrogen) atoms. The highest BCUT2D eigenvalue weighted by atomic mass is 32.2. The lowest BCUT2D eigenvalue weighted by molar-refractivity contribution is -0.437. The predicted molar refractivity (Wildman–Crippen MR) is 563 cm³/mol. The average Bonchev–Trinajstić information content (AvgIpc) is 1.57. The molecule has 1 fully saturated rings. The van der Waals surface area contributed by atoms with E-state index >= 15 is 0 Å². The van der Waals surface area contributed by atoms with Gasteiger partial charge in [0, 0.05) is 147 Å². The molecule has 37 nitrogen and oxygen atoms in total. The number of nitrogens with one attached hydrogen (secondary N) is 4. The van der Waals surface area contributed by atoms with Crippen LogP contribution < -0.4 is 31.1 Å². The van der Waals surface area contributed by atoms with Gasteiger partial charge in [0.2, 0.25) is 35.0 Å². The molecule has 1 saturated heterocycles. The number of fused-ring (bicyclic) bond motifs is 8. The van der Waals surface area contributed by atoms with Crippen LogP contribution in [0.2, 0.25) is 0 Å². The maximum absolute atomic E-state index is 14.9. The Morgan fingerprint density at radius 1 is 0.409 bits per heavy atom. The Morgan fingerprint density at radius 2 is 0.752 bits per heavy atom. The second kappa shape index (κ2) is 54.4. The number of unbranched alkanes of at least 4 members (excludes halogenated alkanes) is 6. The van der Waals surface area contributed by atoms with Crippen LogP contribution >= 0.6 is 0 Å². The van der Waals surface area contributed by atoms with Crippen LogP contribution in [0.25, 0.3) is 21.5 Å². The van der Waals surface area contributed by atoms with Crippen molar-refractivity contribution in [2.24, 2.45) is 10.8 Å². The van der Waals surface area contributed by atoms with E-state index < -0.39 is 144 Å². The summed E-state index contributed by atoms with van der Waals surface area (Å²) >= 11 is 0. The van der Waals surface area contributed by atoms with Crippen molar-refractivity contribution >= 4 is 166 Å². The number of carboxylic acids is 1. The monoisotopic (exact) mass is 2170 g/mol. The highest BCUT2D eigenvalue weighted by Gasteiger charge is 2.53. The van der Waals surface area contributed by atoms with E-state index in [2.05, 4.69) is 263 Å². The Balaban J connectivity index is 0.000000318. The molecule has 0 bridgehead atoms. The molecule has 2 atom stereocenters. The third-order valence-electron chi connectivity index (χ3n) is 27.0. The number of amides is 6. The van der Waals surface area contributed by atoms with Gasteiger partial charge in [-0.2, -0.15) is 26.0 Å². The van der Waals surface area contributed by atoms with Crippen LogP contribution in [0.1, 0.15) is 234 Å². The molecule has 13 rings (SSSR count). The van der Waals surface area contributed by atoms with Crippen molar-refractivity contribution in [1.82, 2.24) is 26.3 Å². The van der Waals surface area contributed by atoms with E-state index in [1.807, 2.05) is 42.5 Å². The average molecular weight is 2170 g/mol. The summed E-state index contributed by atoms with van der Waals surface area (Å²) in [7, 11) is -21.3. The van der Waals surface area contributed by atoms with Crippen LogP contribution in [0, 0.1) is 10.8 Å². The lowest BCUT2D eigenvalue weighted by Crippen LogP contribution is -2.53. The summed E-state index contributed by atoms with van der Waals surface area (Å²) in [6, 6.07) is 42.4. The number of carboxylic acid groups (broad SMARTS) is 1. The van der Waals surface area contributed by atoms with Gasteiger partial charge in [-0.1, -0.05) is 202 Å².